The number of morpholine rings is 1. The third-order valence-electron chi connectivity index (χ3n) is 4.11. The lowest BCUT2D eigenvalue weighted by Crippen LogP contribution is -2.47. The summed E-state index contributed by atoms with van der Waals surface area (Å²) in [6, 6.07) is 15.4. The van der Waals surface area contributed by atoms with E-state index >= 15 is 0 Å². The van der Waals surface area contributed by atoms with Crippen LogP contribution in [0.15, 0.2) is 48.5 Å². The molecule has 1 heterocycles. The Balaban J connectivity index is 1.60. The Labute approximate surface area is 145 Å². The molecule has 2 amide bonds. The fraction of sp³-hybridized carbons (Fsp3) is 0.263. The highest BCUT2D eigenvalue weighted by molar-refractivity contribution is 5.74. The molecule has 1 fully saturated rings. The van der Waals surface area contributed by atoms with Crippen molar-refractivity contribution in [3.05, 3.63) is 71.0 Å². The van der Waals surface area contributed by atoms with E-state index in [0.717, 1.165) is 5.56 Å². The van der Waals surface area contributed by atoms with Gasteiger partial charge in [-0.05, 0) is 23.8 Å². The van der Waals surface area contributed by atoms with E-state index in [2.05, 4.69) is 11.4 Å². The van der Waals surface area contributed by atoms with Gasteiger partial charge in [0.2, 0.25) is 0 Å². The summed E-state index contributed by atoms with van der Waals surface area (Å²) in [5.41, 5.74) is 1.87. The van der Waals surface area contributed by atoms with E-state index in [0.29, 0.717) is 37.4 Å². The minimum Gasteiger partial charge on any atom is -0.370 e. The van der Waals surface area contributed by atoms with Crippen LogP contribution in [-0.2, 0) is 11.3 Å². The fourth-order valence-electron chi connectivity index (χ4n) is 2.80. The summed E-state index contributed by atoms with van der Waals surface area (Å²) < 4.78 is 19.5. The number of carbonyl (C=O) groups excluding carboxylic acids is 1. The van der Waals surface area contributed by atoms with Crippen LogP contribution in [0, 0.1) is 17.1 Å². The van der Waals surface area contributed by atoms with Crippen molar-refractivity contribution in [2.24, 2.45) is 0 Å². The maximum absolute atomic E-state index is 13.9. The summed E-state index contributed by atoms with van der Waals surface area (Å²) in [6.07, 6.45) is -0.470. The molecule has 0 radical (unpaired) electrons. The van der Waals surface area contributed by atoms with Gasteiger partial charge in [0.15, 0.2) is 0 Å². The molecule has 1 atom stereocenters. The quantitative estimate of drug-likeness (QED) is 0.935. The summed E-state index contributed by atoms with van der Waals surface area (Å²) in [4.78, 5) is 14.0. The standard InChI is InChI=1S/C19H18FN3O2/c20-17-7-2-1-6-16(17)18-13-23(8-9-25-18)19(24)22-12-15-5-3-4-14(10-15)11-21/h1-7,10,18H,8-9,12-13H2,(H,22,24). The van der Waals surface area contributed by atoms with Gasteiger partial charge in [0.1, 0.15) is 11.9 Å². The van der Waals surface area contributed by atoms with Gasteiger partial charge in [0, 0.05) is 18.7 Å². The largest absolute Gasteiger partial charge is 0.370 e. The zero-order valence-electron chi connectivity index (χ0n) is 13.6. The van der Waals surface area contributed by atoms with Crippen molar-refractivity contribution in [2.45, 2.75) is 12.6 Å². The Morgan fingerprint density at radius 1 is 1.32 bits per heavy atom. The van der Waals surface area contributed by atoms with Crippen LogP contribution in [0.2, 0.25) is 0 Å². The van der Waals surface area contributed by atoms with E-state index in [1.165, 1.54) is 6.07 Å². The number of ether oxygens (including phenoxy) is 1. The van der Waals surface area contributed by atoms with Crippen LogP contribution in [0.3, 0.4) is 0 Å². The van der Waals surface area contributed by atoms with Crippen molar-refractivity contribution in [1.82, 2.24) is 10.2 Å². The molecule has 3 rings (SSSR count). The van der Waals surface area contributed by atoms with Gasteiger partial charge in [-0.2, -0.15) is 5.26 Å². The van der Waals surface area contributed by atoms with E-state index in [9.17, 15) is 9.18 Å². The van der Waals surface area contributed by atoms with Crippen LogP contribution in [0.5, 0.6) is 0 Å². The number of carbonyl (C=O) groups is 1. The average molecular weight is 339 g/mol. The summed E-state index contributed by atoms with van der Waals surface area (Å²) >= 11 is 0. The first kappa shape index (κ1) is 16.9. The zero-order valence-corrected chi connectivity index (χ0v) is 13.6. The minimum atomic E-state index is -0.470. The molecule has 2 aromatic carbocycles. The lowest BCUT2D eigenvalue weighted by molar-refractivity contribution is -0.0171. The van der Waals surface area contributed by atoms with E-state index in [4.69, 9.17) is 10.00 Å². The molecule has 1 aliphatic rings. The molecule has 0 bridgehead atoms. The topological polar surface area (TPSA) is 65.4 Å². The van der Waals surface area contributed by atoms with Crippen LogP contribution >= 0.6 is 0 Å². The molecule has 1 unspecified atom stereocenters. The third-order valence-corrected chi connectivity index (χ3v) is 4.11. The fourth-order valence-corrected chi connectivity index (χ4v) is 2.80. The van der Waals surface area contributed by atoms with Gasteiger partial charge >= 0.3 is 6.03 Å². The van der Waals surface area contributed by atoms with Gasteiger partial charge in [-0.1, -0.05) is 30.3 Å². The molecule has 1 N–H and O–H groups in total. The number of amides is 2. The number of nitrogens with one attached hydrogen (secondary N) is 1. The Hall–Kier alpha value is -2.91. The maximum Gasteiger partial charge on any atom is 0.317 e. The van der Waals surface area contributed by atoms with Crippen LogP contribution < -0.4 is 5.32 Å². The third kappa shape index (κ3) is 4.14. The number of nitrogens with zero attached hydrogens (tertiary/aromatic N) is 2. The molecule has 6 heteroatoms. The molecule has 0 saturated carbocycles. The molecule has 1 saturated heterocycles. The van der Waals surface area contributed by atoms with Crippen molar-refractivity contribution in [2.75, 3.05) is 19.7 Å². The second-order valence-corrected chi connectivity index (χ2v) is 5.80. The summed E-state index contributed by atoms with van der Waals surface area (Å²) in [6.45, 7) is 1.44. The number of urea groups is 1. The molecule has 2 aromatic rings. The smallest absolute Gasteiger partial charge is 0.317 e. The highest BCUT2D eigenvalue weighted by Gasteiger charge is 2.26. The number of hydrogen-bond donors (Lipinski definition) is 1. The Morgan fingerprint density at radius 2 is 2.16 bits per heavy atom. The summed E-state index contributed by atoms with van der Waals surface area (Å²) in [5.74, 6) is -0.330. The summed E-state index contributed by atoms with van der Waals surface area (Å²) in [5, 5.41) is 11.7. The molecule has 0 spiro atoms. The highest BCUT2D eigenvalue weighted by atomic mass is 19.1. The van der Waals surface area contributed by atoms with Crippen LogP contribution in [0.4, 0.5) is 9.18 Å². The molecule has 5 nitrogen and oxygen atoms in total. The van der Waals surface area contributed by atoms with Gasteiger partial charge in [0.25, 0.3) is 0 Å². The average Bonchev–Trinajstić information content (AvgIpc) is 2.66. The Bertz CT molecular complexity index is 803. The zero-order chi connectivity index (χ0) is 17.6. The summed E-state index contributed by atoms with van der Waals surface area (Å²) in [7, 11) is 0. The number of nitriles is 1. The number of hydrogen-bond acceptors (Lipinski definition) is 3. The number of benzene rings is 2. The lowest BCUT2D eigenvalue weighted by Gasteiger charge is -2.33. The van der Waals surface area contributed by atoms with Crippen LogP contribution in [-0.4, -0.2) is 30.6 Å². The van der Waals surface area contributed by atoms with Gasteiger partial charge in [-0.3, -0.25) is 0 Å². The SMILES string of the molecule is N#Cc1cccc(CNC(=O)N2CCOC(c3ccccc3F)C2)c1. The molecule has 1 aliphatic heterocycles. The van der Waals surface area contributed by atoms with Crippen LogP contribution in [0.1, 0.15) is 22.8 Å². The number of halogens is 1. The van der Waals surface area contributed by atoms with Crippen molar-refractivity contribution in [1.29, 1.82) is 5.26 Å². The normalized spacial score (nSPS) is 17.0. The van der Waals surface area contributed by atoms with Crippen molar-refractivity contribution in [3.8, 4) is 6.07 Å². The highest BCUT2D eigenvalue weighted by Crippen LogP contribution is 2.24. The second kappa shape index (κ2) is 7.77. The van der Waals surface area contributed by atoms with E-state index in [1.54, 1.807) is 41.3 Å². The van der Waals surface area contributed by atoms with Crippen molar-refractivity contribution >= 4 is 6.03 Å². The molecular weight excluding hydrogens is 321 g/mol. The van der Waals surface area contributed by atoms with Crippen molar-refractivity contribution < 1.29 is 13.9 Å². The molecular formula is C19H18FN3O2. The van der Waals surface area contributed by atoms with Crippen LogP contribution in [0.25, 0.3) is 0 Å². The lowest BCUT2D eigenvalue weighted by atomic mass is 10.1. The predicted octanol–water partition coefficient (Wildman–Crippen LogP) is 2.98. The van der Waals surface area contributed by atoms with Gasteiger partial charge in [-0.25, -0.2) is 9.18 Å². The molecule has 0 aromatic heterocycles. The number of rotatable bonds is 3. The molecule has 25 heavy (non-hydrogen) atoms. The molecule has 0 aliphatic carbocycles. The molecule has 128 valence electrons. The first-order chi connectivity index (χ1) is 12.2. The van der Waals surface area contributed by atoms with Crippen molar-refractivity contribution in [3.63, 3.8) is 0 Å². The van der Waals surface area contributed by atoms with E-state index in [-0.39, 0.29) is 11.8 Å². The second-order valence-electron chi connectivity index (χ2n) is 5.80. The van der Waals surface area contributed by atoms with Gasteiger partial charge in [-0.15, -0.1) is 0 Å². The van der Waals surface area contributed by atoms with E-state index in [1.807, 2.05) is 6.07 Å². The van der Waals surface area contributed by atoms with E-state index < -0.39 is 6.10 Å². The monoisotopic (exact) mass is 339 g/mol. The predicted molar refractivity (Wildman–Crippen MR) is 90.1 cm³/mol. The Morgan fingerprint density at radius 3 is 2.96 bits per heavy atom. The Kier molecular flexibility index (Phi) is 5.26. The first-order valence-electron chi connectivity index (χ1n) is 8.05. The van der Waals surface area contributed by atoms with Gasteiger partial charge < -0.3 is 15.0 Å². The minimum absolute atomic E-state index is 0.230. The first-order valence-corrected chi connectivity index (χ1v) is 8.05. The van der Waals surface area contributed by atoms with Gasteiger partial charge in [0.05, 0.1) is 24.8 Å². The maximum atomic E-state index is 13.9.